The van der Waals surface area contributed by atoms with E-state index in [0.29, 0.717) is 6.04 Å². The molecule has 2 heterocycles. The molecule has 1 aromatic heterocycles. The third-order valence-electron chi connectivity index (χ3n) is 5.38. The fraction of sp³-hybridized carbons (Fsp3) is 0.417. The van der Waals surface area contributed by atoms with Gasteiger partial charge >= 0.3 is 6.09 Å². The largest absolute Gasteiger partial charge is 0.442 e. The minimum absolute atomic E-state index is 0.353. The van der Waals surface area contributed by atoms with Crippen molar-refractivity contribution in [1.82, 2.24) is 9.78 Å². The SMILES string of the molecule is CSNc1ccc(N2CCCC(Nc3ccc4c(cnn4C(=O)OC(C)(C)C)c3)C2)cc1. The lowest BCUT2D eigenvalue weighted by atomic mass is 10.0. The molecule has 0 amide bonds. The van der Waals surface area contributed by atoms with Crippen LogP contribution < -0.4 is 14.9 Å². The molecule has 7 nitrogen and oxygen atoms in total. The van der Waals surface area contributed by atoms with Gasteiger partial charge in [0, 0.05) is 47.8 Å². The number of piperidine rings is 1. The van der Waals surface area contributed by atoms with Crippen LogP contribution in [0.5, 0.6) is 0 Å². The van der Waals surface area contributed by atoms with Gasteiger partial charge in [-0.1, -0.05) is 11.9 Å². The van der Waals surface area contributed by atoms with Gasteiger partial charge in [0.2, 0.25) is 0 Å². The zero-order valence-electron chi connectivity index (χ0n) is 19.1. The summed E-state index contributed by atoms with van der Waals surface area (Å²) in [5, 5.41) is 8.82. The second kappa shape index (κ2) is 9.32. The minimum Gasteiger partial charge on any atom is -0.442 e. The molecular formula is C24H31N5O2S. The van der Waals surface area contributed by atoms with Crippen molar-refractivity contribution in [2.75, 3.05) is 34.3 Å². The molecule has 1 unspecified atom stereocenters. The molecule has 4 rings (SSSR count). The Balaban J connectivity index is 1.43. The summed E-state index contributed by atoms with van der Waals surface area (Å²) in [7, 11) is 0. The zero-order valence-corrected chi connectivity index (χ0v) is 19.9. The number of carbonyl (C=O) groups is 1. The third kappa shape index (κ3) is 5.30. The van der Waals surface area contributed by atoms with E-state index in [0.717, 1.165) is 48.2 Å². The highest BCUT2D eigenvalue weighted by atomic mass is 32.2. The van der Waals surface area contributed by atoms with E-state index >= 15 is 0 Å². The van der Waals surface area contributed by atoms with Gasteiger partial charge in [0.1, 0.15) is 5.60 Å². The molecule has 0 aliphatic carbocycles. The highest BCUT2D eigenvalue weighted by Gasteiger charge is 2.22. The number of carbonyl (C=O) groups excluding carboxylic acids is 1. The molecule has 1 saturated heterocycles. The highest BCUT2D eigenvalue weighted by Crippen LogP contribution is 2.26. The van der Waals surface area contributed by atoms with Crippen LogP contribution in [0.3, 0.4) is 0 Å². The maximum absolute atomic E-state index is 12.4. The summed E-state index contributed by atoms with van der Waals surface area (Å²) in [6.45, 7) is 7.56. The van der Waals surface area contributed by atoms with Gasteiger partial charge < -0.3 is 19.7 Å². The van der Waals surface area contributed by atoms with Crippen molar-refractivity contribution in [3.63, 3.8) is 0 Å². The van der Waals surface area contributed by atoms with Crippen LogP contribution in [0.25, 0.3) is 10.9 Å². The molecule has 0 spiro atoms. The van der Waals surface area contributed by atoms with Crippen molar-refractivity contribution < 1.29 is 9.53 Å². The van der Waals surface area contributed by atoms with Crippen LogP contribution in [0.15, 0.2) is 48.7 Å². The molecule has 0 radical (unpaired) electrons. The molecule has 1 aliphatic heterocycles. The lowest BCUT2D eigenvalue weighted by Gasteiger charge is -2.35. The van der Waals surface area contributed by atoms with Crippen molar-refractivity contribution in [1.29, 1.82) is 0 Å². The molecule has 8 heteroatoms. The van der Waals surface area contributed by atoms with E-state index in [9.17, 15) is 4.79 Å². The van der Waals surface area contributed by atoms with Gasteiger partial charge in [0.25, 0.3) is 0 Å². The first kappa shape index (κ1) is 22.3. The first-order chi connectivity index (χ1) is 15.3. The molecule has 170 valence electrons. The molecule has 0 saturated carbocycles. The summed E-state index contributed by atoms with van der Waals surface area (Å²) in [6, 6.07) is 14.9. The Bertz CT molecular complexity index is 1070. The van der Waals surface area contributed by atoms with Gasteiger partial charge in [-0.3, -0.25) is 0 Å². The predicted molar refractivity (Wildman–Crippen MR) is 134 cm³/mol. The topological polar surface area (TPSA) is 71.4 Å². The highest BCUT2D eigenvalue weighted by molar-refractivity contribution is 7.99. The first-order valence-electron chi connectivity index (χ1n) is 10.9. The third-order valence-corrected chi connectivity index (χ3v) is 5.82. The van der Waals surface area contributed by atoms with E-state index in [1.807, 2.05) is 45.2 Å². The van der Waals surface area contributed by atoms with Gasteiger partial charge in [-0.05, 0) is 76.1 Å². The number of nitrogens with one attached hydrogen (secondary N) is 2. The summed E-state index contributed by atoms with van der Waals surface area (Å²) in [6.07, 6.45) is 5.53. The Morgan fingerprint density at radius 3 is 2.62 bits per heavy atom. The van der Waals surface area contributed by atoms with E-state index < -0.39 is 11.7 Å². The molecular weight excluding hydrogens is 422 g/mol. The number of anilines is 3. The summed E-state index contributed by atoms with van der Waals surface area (Å²) in [4.78, 5) is 14.9. The van der Waals surface area contributed by atoms with Crippen molar-refractivity contribution in [3.05, 3.63) is 48.7 Å². The number of rotatable bonds is 5. The number of ether oxygens (including phenoxy) is 1. The molecule has 2 aromatic carbocycles. The second-order valence-electron chi connectivity index (χ2n) is 9.09. The maximum atomic E-state index is 12.4. The van der Waals surface area contributed by atoms with Crippen LogP contribution >= 0.6 is 11.9 Å². The average Bonchev–Trinajstić information content (AvgIpc) is 3.17. The zero-order chi connectivity index (χ0) is 22.7. The smallest absolute Gasteiger partial charge is 0.435 e. The lowest BCUT2D eigenvalue weighted by molar-refractivity contribution is 0.0522. The van der Waals surface area contributed by atoms with Gasteiger partial charge in [0.15, 0.2) is 0 Å². The van der Waals surface area contributed by atoms with Crippen molar-refractivity contribution in [2.24, 2.45) is 0 Å². The Morgan fingerprint density at radius 1 is 1.16 bits per heavy atom. The van der Waals surface area contributed by atoms with Crippen LogP contribution in [0.4, 0.5) is 21.9 Å². The number of aromatic nitrogens is 2. The Morgan fingerprint density at radius 2 is 1.91 bits per heavy atom. The average molecular weight is 454 g/mol. The normalized spacial score (nSPS) is 16.8. The number of fused-ring (bicyclic) bond motifs is 1. The van der Waals surface area contributed by atoms with Crippen LogP contribution in [0.1, 0.15) is 33.6 Å². The maximum Gasteiger partial charge on any atom is 0.435 e. The number of hydrogen-bond donors (Lipinski definition) is 2. The quantitative estimate of drug-likeness (QED) is 0.488. The van der Waals surface area contributed by atoms with Crippen molar-refractivity contribution >= 4 is 46.0 Å². The van der Waals surface area contributed by atoms with E-state index in [2.05, 4.69) is 44.3 Å². The van der Waals surface area contributed by atoms with Crippen LogP contribution in [-0.4, -0.2) is 46.9 Å². The summed E-state index contributed by atoms with van der Waals surface area (Å²) < 4.78 is 10.0. The van der Waals surface area contributed by atoms with Crippen LogP contribution in [0.2, 0.25) is 0 Å². The van der Waals surface area contributed by atoms with E-state index in [-0.39, 0.29) is 0 Å². The molecule has 0 bridgehead atoms. The Kier molecular flexibility index (Phi) is 6.50. The Labute approximate surface area is 193 Å². The molecule has 32 heavy (non-hydrogen) atoms. The molecule has 3 aromatic rings. The minimum atomic E-state index is -0.560. The van der Waals surface area contributed by atoms with Crippen molar-refractivity contribution in [2.45, 2.75) is 45.3 Å². The molecule has 1 fully saturated rings. The standard InChI is InChI=1S/C24H31N5O2S/c1-24(2,3)31-23(30)29-22-12-9-19(14-17(22)15-25-29)26-20-6-5-13-28(16-20)21-10-7-18(8-11-21)27-32-4/h7-12,14-15,20,26-27H,5-6,13,16H2,1-4H3. The van der Waals surface area contributed by atoms with E-state index in [1.54, 1.807) is 18.1 Å². The van der Waals surface area contributed by atoms with Crippen molar-refractivity contribution in [3.8, 4) is 0 Å². The summed E-state index contributed by atoms with van der Waals surface area (Å²) in [5.41, 5.74) is 3.59. The van der Waals surface area contributed by atoms with E-state index in [4.69, 9.17) is 4.74 Å². The monoisotopic (exact) mass is 453 g/mol. The second-order valence-corrected chi connectivity index (χ2v) is 9.71. The van der Waals surface area contributed by atoms with Gasteiger partial charge in [-0.2, -0.15) is 9.78 Å². The fourth-order valence-corrected chi connectivity index (χ4v) is 4.37. The summed E-state index contributed by atoms with van der Waals surface area (Å²) in [5.74, 6) is 0. The summed E-state index contributed by atoms with van der Waals surface area (Å²) >= 11 is 1.60. The van der Waals surface area contributed by atoms with Gasteiger partial charge in [-0.15, -0.1) is 0 Å². The molecule has 1 aliphatic rings. The van der Waals surface area contributed by atoms with Gasteiger partial charge in [0.05, 0.1) is 11.7 Å². The van der Waals surface area contributed by atoms with Gasteiger partial charge in [-0.25, -0.2) is 4.79 Å². The first-order valence-corrected chi connectivity index (χ1v) is 12.2. The Hall–Kier alpha value is -2.87. The fourth-order valence-electron chi connectivity index (χ4n) is 4.00. The molecule has 1 atom stereocenters. The lowest BCUT2D eigenvalue weighted by Crippen LogP contribution is -2.42. The van der Waals surface area contributed by atoms with Crippen LogP contribution in [-0.2, 0) is 4.74 Å². The number of hydrogen-bond acceptors (Lipinski definition) is 7. The van der Waals surface area contributed by atoms with E-state index in [1.165, 1.54) is 10.4 Å². The number of benzene rings is 2. The molecule has 2 N–H and O–H groups in total. The van der Waals surface area contributed by atoms with Crippen LogP contribution in [0, 0.1) is 0 Å². The predicted octanol–water partition coefficient (Wildman–Crippen LogP) is 5.59. The number of nitrogens with zero attached hydrogens (tertiary/aromatic N) is 3.